The molecule has 94 valence electrons. The maximum absolute atomic E-state index is 10.9. The molecule has 17 heavy (non-hydrogen) atoms. The van der Waals surface area contributed by atoms with Crippen LogP contribution in [0.25, 0.3) is 0 Å². The van der Waals surface area contributed by atoms with E-state index < -0.39 is 5.97 Å². The van der Waals surface area contributed by atoms with Gasteiger partial charge in [0.1, 0.15) is 5.82 Å². The second kappa shape index (κ2) is 4.73. The van der Waals surface area contributed by atoms with Crippen LogP contribution in [0.5, 0.6) is 0 Å². The molecule has 0 radical (unpaired) electrons. The minimum absolute atomic E-state index is 0.0791. The molecule has 1 N–H and O–H groups in total. The third-order valence-corrected chi connectivity index (χ3v) is 3.15. The largest absolute Gasteiger partial charge is 0.477 e. The first kappa shape index (κ1) is 13.5. The number of carboxylic acid groups (broad SMARTS) is 1. The number of hydrogen-bond acceptors (Lipinski definition) is 3. The molecule has 0 spiro atoms. The van der Waals surface area contributed by atoms with Gasteiger partial charge in [0.2, 0.25) is 0 Å². The van der Waals surface area contributed by atoms with Gasteiger partial charge in [-0.2, -0.15) is 0 Å². The molecule has 0 amide bonds. The van der Waals surface area contributed by atoms with Crippen molar-refractivity contribution in [3.8, 4) is 0 Å². The van der Waals surface area contributed by atoms with Crippen LogP contribution >= 0.6 is 0 Å². The van der Waals surface area contributed by atoms with Crippen LogP contribution in [-0.2, 0) is 0 Å². The van der Waals surface area contributed by atoms with E-state index in [9.17, 15) is 4.79 Å². The minimum atomic E-state index is -0.997. The standard InChI is InChI=1S/C13H20N2O2/c1-9(13(2,3)4)15(5)11-8-6-7-10(14-11)12(16)17/h6-9H,1-5H3,(H,16,17). The SMILES string of the molecule is CC(N(C)c1cccc(C(=O)O)n1)C(C)(C)C. The van der Waals surface area contributed by atoms with Crippen LogP contribution in [0.2, 0.25) is 0 Å². The van der Waals surface area contributed by atoms with Gasteiger partial charge in [-0.25, -0.2) is 9.78 Å². The molecule has 1 unspecified atom stereocenters. The quantitative estimate of drug-likeness (QED) is 0.876. The van der Waals surface area contributed by atoms with Gasteiger partial charge in [0.15, 0.2) is 5.69 Å². The first-order valence-corrected chi connectivity index (χ1v) is 5.66. The summed E-state index contributed by atoms with van der Waals surface area (Å²) in [6.07, 6.45) is 0. The van der Waals surface area contributed by atoms with E-state index in [1.54, 1.807) is 6.07 Å². The van der Waals surface area contributed by atoms with Gasteiger partial charge < -0.3 is 10.0 Å². The molecule has 0 fully saturated rings. The predicted molar refractivity (Wildman–Crippen MR) is 68.5 cm³/mol. The van der Waals surface area contributed by atoms with Crippen LogP contribution in [0, 0.1) is 5.41 Å². The lowest BCUT2D eigenvalue weighted by molar-refractivity contribution is 0.0690. The molecule has 0 aliphatic carbocycles. The summed E-state index contributed by atoms with van der Waals surface area (Å²) in [4.78, 5) is 17.0. The van der Waals surface area contributed by atoms with E-state index in [-0.39, 0.29) is 17.2 Å². The van der Waals surface area contributed by atoms with Gasteiger partial charge in [-0.05, 0) is 24.5 Å². The van der Waals surface area contributed by atoms with Gasteiger partial charge in [-0.1, -0.05) is 26.8 Å². The van der Waals surface area contributed by atoms with Crippen LogP contribution in [0.1, 0.15) is 38.2 Å². The topological polar surface area (TPSA) is 53.4 Å². The van der Waals surface area contributed by atoms with Gasteiger partial charge in [-0.15, -0.1) is 0 Å². The maximum atomic E-state index is 10.9. The summed E-state index contributed by atoms with van der Waals surface area (Å²) in [6.45, 7) is 8.55. The van der Waals surface area contributed by atoms with Crippen molar-refractivity contribution in [2.45, 2.75) is 33.7 Å². The highest BCUT2D eigenvalue weighted by atomic mass is 16.4. The zero-order valence-corrected chi connectivity index (χ0v) is 11.1. The van der Waals surface area contributed by atoms with Gasteiger partial charge >= 0.3 is 5.97 Å². The number of hydrogen-bond donors (Lipinski definition) is 1. The molecule has 4 nitrogen and oxygen atoms in total. The third-order valence-electron chi connectivity index (χ3n) is 3.15. The van der Waals surface area contributed by atoms with Crippen molar-refractivity contribution < 1.29 is 9.90 Å². The Morgan fingerprint density at radius 3 is 2.47 bits per heavy atom. The van der Waals surface area contributed by atoms with Crippen LogP contribution in [0.3, 0.4) is 0 Å². The molecule has 1 heterocycles. The highest BCUT2D eigenvalue weighted by Gasteiger charge is 2.25. The Balaban J connectivity index is 3.00. The molecule has 0 saturated heterocycles. The molecule has 0 aliphatic rings. The van der Waals surface area contributed by atoms with Crippen LogP contribution in [0.4, 0.5) is 5.82 Å². The van der Waals surface area contributed by atoms with Crippen molar-refractivity contribution in [3.63, 3.8) is 0 Å². The lowest BCUT2D eigenvalue weighted by atomic mass is 9.87. The molecule has 4 heteroatoms. The molecule has 0 aliphatic heterocycles. The molecule has 1 atom stereocenters. The molecule has 0 aromatic carbocycles. The van der Waals surface area contributed by atoms with E-state index >= 15 is 0 Å². The molecular formula is C13H20N2O2. The molecule has 0 saturated carbocycles. The average Bonchev–Trinajstić information content (AvgIpc) is 2.26. The number of pyridine rings is 1. The highest BCUT2D eigenvalue weighted by molar-refractivity contribution is 5.85. The fraction of sp³-hybridized carbons (Fsp3) is 0.538. The van der Waals surface area contributed by atoms with E-state index in [1.807, 2.05) is 18.0 Å². The summed E-state index contributed by atoms with van der Waals surface area (Å²) in [5.41, 5.74) is 0.186. The molecule has 1 aromatic rings. The van der Waals surface area contributed by atoms with Gasteiger partial charge in [0.25, 0.3) is 0 Å². The summed E-state index contributed by atoms with van der Waals surface area (Å²) >= 11 is 0. The summed E-state index contributed by atoms with van der Waals surface area (Å²) < 4.78 is 0. The number of anilines is 1. The van der Waals surface area contributed by atoms with Crippen LogP contribution in [-0.4, -0.2) is 29.1 Å². The Morgan fingerprint density at radius 1 is 1.41 bits per heavy atom. The van der Waals surface area contributed by atoms with Gasteiger partial charge in [0, 0.05) is 13.1 Å². The van der Waals surface area contributed by atoms with Crippen molar-refractivity contribution in [3.05, 3.63) is 23.9 Å². The normalized spacial score (nSPS) is 13.2. The highest BCUT2D eigenvalue weighted by Crippen LogP contribution is 2.26. The second-order valence-corrected chi connectivity index (χ2v) is 5.34. The van der Waals surface area contributed by atoms with Crippen molar-refractivity contribution in [2.75, 3.05) is 11.9 Å². The summed E-state index contributed by atoms with van der Waals surface area (Å²) in [6, 6.07) is 5.31. The summed E-state index contributed by atoms with van der Waals surface area (Å²) in [7, 11) is 1.93. The van der Waals surface area contributed by atoms with Gasteiger partial charge in [0.05, 0.1) is 0 Å². The van der Waals surface area contributed by atoms with Crippen molar-refractivity contribution in [1.29, 1.82) is 0 Å². The predicted octanol–water partition coefficient (Wildman–Crippen LogP) is 2.65. The number of nitrogens with zero attached hydrogens (tertiary/aromatic N) is 2. The Bertz CT molecular complexity index is 410. The van der Waals surface area contributed by atoms with Crippen LogP contribution in [0.15, 0.2) is 18.2 Å². The van der Waals surface area contributed by atoms with E-state index in [1.165, 1.54) is 6.07 Å². The average molecular weight is 236 g/mol. The third kappa shape index (κ3) is 3.19. The maximum Gasteiger partial charge on any atom is 0.354 e. The van der Waals surface area contributed by atoms with E-state index in [0.717, 1.165) is 0 Å². The molecule has 0 bridgehead atoms. The fourth-order valence-corrected chi connectivity index (χ4v) is 1.52. The van der Waals surface area contributed by atoms with Crippen molar-refractivity contribution in [1.82, 2.24) is 4.98 Å². The summed E-state index contributed by atoms with van der Waals surface area (Å²) in [5.74, 6) is -0.309. The summed E-state index contributed by atoms with van der Waals surface area (Å²) in [5, 5.41) is 8.91. The van der Waals surface area contributed by atoms with E-state index in [0.29, 0.717) is 5.82 Å². The molecule has 1 aromatic heterocycles. The Kier molecular flexibility index (Phi) is 3.76. The minimum Gasteiger partial charge on any atom is -0.477 e. The van der Waals surface area contributed by atoms with E-state index in [4.69, 9.17) is 5.11 Å². The van der Waals surface area contributed by atoms with Crippen molar-refractivity contribution >= 4 is 11.8 Å². The number of aromatic carboxylic acids is 1. The number of carbonyl (C=O) groups is 1. The lowest BCUT2D eigenvalue weighted by Crippen LogP contribution is -2.39. The zero-order valence-electron chi connectivity index (χ0n) is 11.1. The number of carboxylic acids is 1. The zero-order chi connectivity index (χ0) is 13.2. The first-order chi connectivity index (χ1) is 7.73. The van der Waals surface area contributed by atoms with Gasteiger partial charge in [-0.3, -0.25) is 0 Å². The fourth-order valence-electron chi connectivity index (χ4n) is 1.52. The lowest BCUT2D eigenvalue weighted by Gasteiger charge is -2.36. The number of rotatable bonds is 3. The Hall–Kier alpha value is -1.58. The Morgan fingerprint density at radius 2 is 2.00 bits per heavy atom. The number of aromatic nitrogens is 1. The second-order valence-electron chi connectivity index (χ2n) is 5.34. The smallest absolute Gasteiger partial charge is 0.354 e. The van der Waals surface area contributed by atoms with Crippen LogP contribution < -0.4 is 4.90 Å². The molecular weight excluding hydrogens is 216 g/mol. The molecule has 1 rings (SSSR count). The Labute approximate surface area is 102 Å². The first-order valence-electron chi connectivity index (χ1n) is 5.66. The van der Waals surface area contributed by atoms with E-state index in [2.05, 4.69) is 32.7 Å². The monoisotopic (exact) mass is 236 g/mol. The van der Waals surface area contributed by atoms with Crippen molar-refractivity contribution in [2.24, 2.45) is 5.41 Å².